The molecule has 1 aromatic rings. The van der Waals surface area contributed by atoms with Crippen LogP contribution in [0.1, 0.15) is 12.5 Å². The third-order valence-electron chi connectivity index (χ3n) is 1.98. The van der Waals surface area contributed by atoms with E-state index in [-0.39, 0.29) is 19.0 Å². The maximum atomic E-state index is 12.7. The number of rotatable bonds is 4. The van der Waals surface area contributed by atoms with Gasteiger partial charge in [-0.25, -0.2) is 4.39 Å². The molecular weight excluding hydrogens is 211 g/mol. The highest BCUT2D eigenvalue weighted by Gasteiger charge is 2.03. The van der Waals surface area contributed by atoms with E-state index in [1.54, 1.807) is 12.1 Å². The van der Waals surface area contributed by atoms with E-state index in [1.165, 1.54) is 25.1 Å². The highest BCUT2D eigenvalue weighted by atomic mass is 19.1. The van der Waals surface area contributed by atoms with E-state index < -0.39 is 5.97 Å². The summed E-state index contributed by atoms with van der Waals surface area (Å²) >= 11 is 0. The summed E-state index contributed by atoms with van der Waals surface area (Å²) in [4.78, 5) is 10.7. The van der Waals surface area contributed by atoms with Gasteiger partial charge in [0.15, 0.2) is 0 Å². The lowest BCUT2D eigenvalue weighted by atomic mass is 10.1. The molecule has 0 heterocycles. The Labute approximate surface area is 93.2 Å². The monoisotopic (exact) mass is 224 g/mol. The van der Waals surface area contributed by atoms with Gasteiger partial charge in [0.2, 0.25) is 0 Å². The Bertz CT molecular complexity index is 382. The van der Waals surface area contributed by atoms with Gasteiger partial charge in [0.05, 0.1) is 6.61 Å². The normalized spacial score (nSPS) is 11.3. The van der Waals surface area contributed by atoms with Gasteiger partial charge >= 0.3 is 5.97 Å². The highest BCUT2D eigenvalue weighted by Crippen LogP contribution is 2.15. The molecule has 0 radical (unpaired) electrons. The Hall–Kier alpha value is -1.68. The van der Waals surface area contributed by atoms with Crippen LogP contribution in [0.15, 0.2) is 30.3 Å². The van der Waals surface area contributed by atoms with Crippen LogP contribution in [0.2, 0.25) is 0 Å². The SMILES string of the molecule is CC(=O)OC/C(=C/CO)c1ccc(F)cc1. The lowest BCUT2D eigenvalue weighted by Crippen LogP contribution is -2.03. The Kier molecular flexibility index (Phi) is 4.66. The van der Waals surface area contributed by atoms with Crippen molar-refractivity contribution >= 4 is 11.5 Å². The maximum Gasteiger partial charge on any atom is 0.302 e. The van der Waals surface area contributed by atoms with Gasteiger partial charge in [0.25, 0.3) is 0 Å². The molecule has 0 aliphatic heterocycles. The first-order chi connectivity index (χ1) is 7.63. The van der Waals surface area contributed by atoms with Crippen LogP contribution in [0.4, 0.5) is 4.39 Å². The molecule has 1 rings (SSSR count). The van der Waals surface area contributed by atoms with Crippen LogP contribution in [0.5, 0.6) is 0 Å². The fourth-order valence-electron chi connectivity index (χ4n) is 1.21. The largest absolute Gasteiger partial charge is 0.461 e. The fourth-order valence-corrected chi connectivity index (χ4v) is 1.21. The van der Waals surface area contributed by atoms with E-state index >= 15 is 0 Å². The lowest BCUT2D eigenvalue weighted by molar-refractivity contribution is -0.139. The number of carbonyl (C=O) groups is 1. The zero-order chi connectivity index (χ0) is 12.0. The predicted molar refractivity (Wildman–Crippen MR) is 58.1 cm³/mol. The summed E-state index contributed by atoms with van der Waals surface area (Å²) in [6.07, 6.45) is 1.52. The van der Waals surface area contributed by atoms with Gasteiger partial charge in [-0.3, -0.25) is 4.79 Å². The van der Waals surface area contributed by atoms with Crippen LogP contribution in [0.3, 0.4) is 0 Å². The van der Waals surface area contributed by atoms with Crippen molar-refractivity contribution in [2.24, 2.45) is 0 Å². The minimum atomic E-state index is -0.397. The van der Waals surface area contributed by atoms with Gasteiger partial charge < -0.3 is 9.84 Å². The standard InChI is InChI=1S/C12H13FO3/c1-9(15)16-8-11(6-7-14)10-2-4-12(13)5-3-10/h2-6,14H,7-8H2,1H3/b11-6-. The summed E-state index contributed by atoms with van der Waals surface area (Å²) in [5.74, 6) is -0.731. The van der Waals surface area contributed by atoms with Crippen LogP contribution >= 0.6 is 0 Å². The van der Waals surface area contributed by atoms with Crippen molar-refractivity contribution in [2.45, 2.75) is 6.92 Å². The topological polar surface area (TPSA) is 46.5 Å². The Morgan fingerprint density at radius 2 is 2.06 bits per heavy atom. The number of hydrogen-bond acceptors (Lipinski definition) is 3. The smallest absolute Gasteiger partial charge is 0.302 e. The van der Waals surface area contributed by atoms with Crippen molar-refractivity contribution in [1.82, 2.24) is 0 Å². The third kappa shape index (κ3) is 3.82. The van der Waals surface area contributed by atoms with Crippen molar-refractivity contribution in [3.63, 3.8) is 0 Å². The summed E-state index contributed by atoms with van der Waals surface area (Å²) in [6.45, 7) is 1.22. The van der Waals surface area contributed by atoms with Crippen LogP contribution in [0, 0.1) is 5.82 Å². The number of ether oxygens (including phenoxy) is 1. The summed E-state index contributed by atoms with van der Waals surface area (Å²) in [7, 11) is 0. The molecule has 0 aliphatic carbocycles. The van der Waals surface area contributed by atoms with E-state index in [0.717, 1.165) is 5.56 Å². The molecule has 0 aromatic heterocycles. The molecule has 3 nitrogen and oxygen atoms in total. The predicted octanol–water partition coefficient (Wildman–Crippen LogP) is 1.76. The molecule has 0 bridgehead atoms. The molecule has 0 unspecified atom stereocenters. The Morgan fingerprint density at radius 1 is 1.44 bits per heavy atom. The fraction of sp³-hybridized carbons (Fsp3) is 0.250. The molecule has 0 atom stereocenters. The van der Waals surface area contributed by atoms with E-state index in [9.17, 15) is 9.18 Å². The van der Waals surface area contributed by atoms with Gasteiger partial charge in [0, 0.05) is 6.92 Å². The number of benzene rings is 1. The van der Waals surface area contributed by atoms with E-state index in [1.807, 2.05) is 0 Å². The second-order valence-electron chi connectivity index (χ2n) is 3.20. The molecule has 16 heavy (non-hydrogen) atoms. The molecule has 0 saturated heterocycles. The quantitative estimate of drug-likeness (QED) is 0.793. The van der Waals surface area contributed by atoms with Crippen molar-refractivity contribution < 1.29 is 19.0 Å². The van der Waals surface area contributed by atoms with Crippen molar-refractivity contribution in [3.8, 4) is 0 Å². The minimum absolute atomic E-state index is 0.0710. The van der Waals surface area contributed by atoms with Crippen molar-refractivity contribution in [2.75, 3.05) is 13.2 Å². The molecule has 0 aliphatic rings. The summed E-state index contributed by atoms with van der Waals surface area (Å²) in [6, 6.07) is 5.77. The number of halogens is 1. The second kappa shape index (κ2) is 6.02. The highest BCUT2D eigenvalue weighted by molar-refractivity contribution is 5.71. The maximum absolute atomic E-state index is 12.7. The first-order valence-electron chi connectivity index (χ1n) is 4.82. The zero-order valence-corrected chi connectivity index (χ0v) is 8.94. The van der Waals surface area contributed by atoms with Crippen LogP contribution in [-0.2, 0) is 9.53 Å². The van der Waals surface area contributed by atoms with Gasteiger partial charge in [-0.05, 0) is 23.3 Å². The minimum Gasteiger partial charge on any atom is -0.461 e. The number of aliphatic hydroxyl groups excluding tert-OH is 1. The van der Waals surface area contributed by atoms with E-state index in [0.29, 0.717) is 5.57 Å². The number of hydrogen-bond donors (Lipinski definition) is 1. The Balaban J connectivity index is 2.81. The van der Waals surface area contributed by atoms with Crippen LogP contribution in [-0.4, -0.2) is 24.3 Å². The molecule has 1 N–H and O–H groups in total. The average Bonchev–Trinajstić information content (AvgIpc) is 2.25. The molecular formula is C12H13FO3. The average molecular weight is 224 g/mol. The molecule has 1 aromatic carbocycles. The van der Waals surface area contributed by atoms with Gasteiger partial charge in [0.1, 0.15) is 12.4 Å². The summed E-state index contributed by atoms with van der Waals surface area (Å²) in [5.41, 5.74) is 1.37. The van der Waals surface area contributed by atoms with Crippen LogP contribution < -0.4 is 0 Å². The summed E-state index contributed by atoms with van der Waals surface area (Å²) < 4.78 is 17.5. The second-order valence-corrected chi connectivity index (χ2v) is 3.20. The van der Waals surface area contributed by atoms with Gasteiger partial charge in [-0.1, -0.05) is 18.2 Å². The van der Waals surface area contributed by atoms with E-state index in [2.05, 4.69) is 0 Å². The Morgan fingerprint density at radius 3 is 2.56 bits per heavy atom. The first-order valence-corrected chi connectivity index (χ1v) is 4.82. The number of esters is 1. The number of aliphatic hydroxyl groups is 1. The lowest BCUT2D eigenvalue weighted by Gasteiger charge is -2.07. The molecule has 4 heteroatoms. The molecule has 0 saturated carbocycles. The molecule has 86 valence electrons. The number of carbonyl (C=O) groups excluding carboxylic acids is 1. The third-order valence-corrected chi connectivity index (χ3v) is 1.98. The van der Waals surface area contributed by atoms with Crippen molar-refractivity contribution in [3.05, 3.63) is 41.7 Å². The van der Waals surface area contributed by atoms with Gasteiger partial charge in [-0.15, -0.1) is 0 Å². The van der Waals surface area contributed by atoms with Crippen molar-refractivity contribution in [1.29, 1.82) is 0 Å². The summed E-state index contributed by atoms with van der Waals surface area (Å²) in [5, 5.41) is 8.83. The molecule has 0 spiro atoms. The van der Waals surface area contributed by atoms with Gasteiger partial charge in [-0.2, -0.15) is 0 Å². The van der Waals surface area contributed by atoms with Crippen LogP contribution in [0.25, 0.3) is 5.57 Å². The first kappa shape index (κ1) is 12.4. The molecule has 0 amide bonds. The van der Waals surface area contributed by atoms with E-state index in [4.69, 9.17) is 9.84 Å². The molecule has 0 fully saturated rings. The zero-order valence-electron chi connectivity index (χ0n) is 8.94.